The highest BCUT2D eigenvalue weighted by atomic mass is 19.3. The maximum absolute atomic E-state index is 13.9. The van der Waals surface area contributed by atoms with E-state index in [1.165, 1.54) is 24.4 Å². The van der Waals surface area contributed by atoms with Crippen molar-refractivity contribution in [2.75, 3.05) is 20.6 Å². The number of halogens is 3. The van der Waals surface area contributed by atoms with Gasteiger partial charge in [-0.15, -0.1) is 0 Å². The van der Waals surface area contributed by atoms with Crippen molar-refractivity contribution in [1.82, 2.24) is 14.8 Å². The highest BCUT2D eigenvalue weighted by Crippen LogP contribution is 2.31. The van der Waals surface area contributed by atoms with Crippen LogP contribution in [0.3, 0.4) is 0 Å². The van der Waals surface area contributed by atoms with Crippen molar-refractivity contribution in [3.63, 3.8) is 0 Å². The van der Waals surface area contributed by atoms with E-state index < -0.39 is 47.9 Å². The lowest BCUT2D eigenvalue weighted by molar-refractivity contribution is -0.138. The molecule has 0 radical (unpaired) electrons. The van der Waals surface area contributed by atoms with Crippen LogP contribution in [0.15, 0.2) is 53.5 Å². The molecule has 3 rings (SSSR count). The molecule has 0 fully saturated rings. The Kier molecular flexibility index (Phi) is 11.3. The van der Waals surface area contributed by atoms with Gasteiger partial charge >= 0.3 is 5.97 Å². The van der Waals surface area contributed by atoms with Gasteiger partial charge in [-0.25, -0.2) is 13.2 Å². The first-order chi connectivity index (χ1) is 20.2. The highest BCUT2D eigenvalue weighted by Gasteiger charge is 2.29. The first-order valence-corrected chi connectivity index (χ1v) is 14.2. The number of aliphatic carboxylic acids is 1. The minimum Gasteiger partial charge on any atom is -0.481 e. The first-order valence-electron chi connectivity index (χ1n) is 14.2. The van der Waals surface area contributed by atoms with Crippen LogP contribution >= 0.6 is 0 Å². The number of carboxylic acid groups (broad SMARTS) is 1. The second kappa shape index (κ2) is 14.5. The number of hydrogen-bond donors (Lipinski definition) is 2. The largest absolute Gasteiger partial charge is 0.481 e. The normalized spacial score (nSPS) is 13.0. The fraction of sp³-hybridized carbons (Fsp3) is 0.424. The molecule has 43 heavy (non-hydrogen) atoms. The summed E-state index contributed by atoms with van der Waals surface area (Å²) in [5.74, 6) is -2.26. The Morgan fingerprint density at radius 2 is 1.70 bits per heavy atom. The fourth-order valence-electron chi connectivity index (χ4n) is 5.33. The number of nitrogens with one attached hydrogen (secondary N) is 1. The molecule has 0 saturated heterocycles. The van der Waals surface area contributed by atoms with Gasteiger partial charge in [0, 0.05) is 12.7 Å². The predicted molar refractivity (Wildman–Crippen MR) is 161 cm³/mol. The van der Waals surface area contributed by atoms with Crippen LogP contribution in [0.1, 0.15) is 73.0 Å². The Morgan fingerprint density at radius 3 is 2.26 bits per heavy atom. The van der Waals surface area contributed by atoms with Gasteiger partial charge in [-0.1, -0.05) is 32.0 Å². The molecule has 1 aromatic heterocycles. The topological polar surface area (TPSA) is 91.6 Å². The van der Waals surface area contributed by atoms with Crippen molar-refractivity contribution in [3.05, 3.63) is 92.6 Å². The molecule has 232 valence electrons. The minimum absolute atomic E-state index is 0.0891. The molecule has 1 amide bonds. The van der Waals surface area contributed by atoms with Crippen LogP contribution in [-0.4, -0.2) is 47.1 Å². The van der Waals surface area contributed by atoms with Crippen molar-refractivity contribution in [2.45, 2.75) is 65.5 Å². The van der Waals surface area contributed by atoms with Crippen LogP contribution in [0.25, 0.3) is 11.1 Å². The number of carbonyl (C=O) groups is 2. The smallest absolute Gasteiger partial charge is 0.305 e. The number of likely N-dealkylation sites (N-methyl/N-ethyl adjacent to an activating group) is 1. The number of carbonyl (C=O) groups excluding carboxylic acids is 1. The zero-order valence-corrected chi connectivity index (χ0v) is 25.5. The Hall–Kier alpha value is -3.92. The van der Waals surface area contributed by atoms with Gasteiger partial charge in [0.15, 0.2) is 0 Å². The van der Waals surface area contributed by atoms with Crippen LogP contribution in [0.2, 0.25) is 0 Å². The maximum atomic E-state index is 13.9. The van der Waals surface area contributed by atoms with E-state index in [1.54, 1.807) is 32.0 Å². The van der Waals surface area contributed by atoms with E-state index in [1.807, 2.05) is 38.9 Å². The average molecular weight is 600 g/mol. The van der Waals surface area contributed by atoms with E-state index in [-0.39, 0.29) is 18.2 Å². The zero-order chi connectivity index (χ0) is 32.0. The molecular weight excluding hydrogens is 559 g/mol. The van der Waals surface area contributed by atoms with E-state index in [0.29, 0.717) is 35.2 Å². The number of aryl methyl sites for hydroxylation is 2. The first kappa shape index (κ1) is 33.6. The summed E-state index contributed by atoms with van der Waals surface area (Å²) in [7, 11) is 3.69. The minimum atomic E-state index is -3.03. The third-order valence-corrected chi connectivity index (χ3v) is 7.31. The van der Waals surface area contributed by atoms with Crippen molar-refractivity contribution in [3.8, 4) is 11.1 Å². The molecule has 7 nitrogen and oxygen atoms in total. The number of pyridine rings is 1. The Balaban J connectivity index is 2.06. The number of aromatic nitrogens is 1. The van der Waals surface area contributed by atoms with Gasteiger partial charge in [-0.05, 0) is 104 Å². The summed E-state index contributed by atoms with van der Waals surface area (Å²) in [6.45, 7) is 7.81. The summed E-state index contributed by atoms with van der Waals surface area (Å²) in [6.07, 6.45) is -1.47. The van der Waals surface area contributed by atoms with Gasteiger partial charge in [-0.3, -0.25) is 14.4 Å². The van der Waals surface area contributed by atoms with Crippen LogP contribution in [0, 0.1) is 25.6 Å². The molecule has 1 heterocycles. The van der Waals surface area contributed by atoms with Gasteiger partial charge in [0.05, 0.1) is 18.0 Å². The predicted octanol–water partition coefficient (Wildman–Crippen LogP) is 6.23. The quantitative estimate of drug-likeness (QED) is 0.243. The van der Waals surface area contributed by atoms with E-state index in [0.717, 1.165) is 15.7 Å². The third kappa shape index (κ3) is 8.79. The molecule has 0 spiro atoms. The van der Waals surface area contributed by atoms with Gasteiger partial charge < -0.3 is 19.9 Å². The van der Waals surface area contributed by atoms with Crippen molar-refractivity contribution in [2.24, 2.45) is 5.92 Å². The van der Waals surface area contributed by atoms with E-state index in [4.69, 9.17) is 0 Å². The van der Waals surface area contributed by atoms with E-state index >= 15 is 0 Å². The summed E-state index contributed by atoms with van der Waals surface area (Å²) in [4.78, 5) is 40.9. The average Bonchev–Trinajstić information content (AvgIpc) is 2.90. The third-order valence-electron chi connectivity index (χ3n) is 7.31. The molecular formula is C33H40F3N3O4. The molecule has 10 heteroatoms. The van der Waals surface area contributed by atoms with Crippen molar-refractivity contribution >= 4 is 11.9 Å². The van der Waals surface area contributed by atoms with Gasteiger partial charge in [0.25, 0.3) is 12.0 Å². The fourth-order valence-corrected chi connectivity index (χ4v) is 5.33. The van der Waals surface area contributed by atoms with Crippen LogP contribution < -0.4 is 10.9 Å². The van der Waals surface area contributed by atoms with Crippen molar-refractivity contribution in [1.29, 1.82) is 0 Å². The summed E-state index contributed by atoms with van der Waals surface area (Å²) in [5, 5.41) is 12.5. The Bertz CT molecular complexity index is 1490. The Labute approximate surface area is 250 Å². The molecule has 0 saturated carbocycles. The summed E-state index contributed by atoms with van der Waals surface area (Å²) >= 11 is 0. The lowest BCUT2D eigenvalue weighted by atomic mass is 9.92. The number of hydrogen-bond acceptors (Lipinski definition) is 4. The SMILES string of the molecule is Cc1cc(F)cc(C)c1-c1cccc([C@H](CC(=O)O)NC(=O)[C@H](CC(C)C)n2cc(CCN(C)C)cc(C(F)F)c2=O)c1. The molecule has 0 aliphatic rings. The van der Waals surface area contributed by atoms with Crippen LogP contribution in [0.5, 0.6) is 0 Å². The summed E-state index contributed by atoms with van der Waals surface area (Å²) in [5.41, 5.74) is 2.28. The number of benzene rings is 2. The second-order valence-corrected chi connectivity index (χ2v) is 11.7. The number of amides is 1. The lowest BCUT2D eigenvalue weighted by Crippen LogP contribution is -2.41. The number of nitrogens with zero attached hydrogens (tertiary/aromatic N) is 2. The van der Waals surface area contributed by atoms with Gasteiger partial charge in [0.2, 0.25) is 5.91 Å². The van der Waals surface area contributed by atoms with E-state index in [2.05, 4.69) is 5.32 Å². The van der Waals surface area contributed by atoms with Crippen molar-refractivity contribution < 1.29 is 27.9 Å². The maximum Gasteiger partial charge on any atom is 0.305 e. The van der Waals surface area contributed by atoms with Gasteiger partial charge in [-0.2, -0.15) is 0 Å². The number of alkyl halides is 2. The second-order valence-electron chi connectivity index (χ2n) is 11.7. The molecule has 3 aromatic rings. The molecule has 0 unspecified atom stereocenters. The zero-order valence-electron chi connectivity index (χ0n) is 25.5. The van der Waals surface area contributed by atoms with Crippen LogP contribution in [0.4, 0.5) is 13.2 Å². The molecule has 2 aromatic carbocycles. The molecule has 2 N–H and O–H groups in total. The number of rotatable bonds is 13. The standard InChI is InChI=1S/C33H40F3N3O4/c1-19(2)12-28(39-18-22(10-11-38(5)6)15-26(31(35)36)33(39)43)32(42)37-27(17-29(40)41)23-8-7-9-24(16-23)30-20(3)13-25(34)14-21(30)4/h7-9,13-16,18-19,27-28,31H,10-12,17H2,1-6H3,(H,37,42)(H,40,41)/t27-,28-/m0/s1. The molecule has 0 bridgehead atoms. The monoisotopic (exact) mass is 599 g/mol. The van der Waals surface area contributed by atoms with Crippen LogP contribution in [-0.2, 0) is 16.0 Å². The Morgan fingerprint density at radius 1 is 1.05 bits per heavy atom. The summed E-state index contributed by atoms with van der Waals surface area (Å²) < 4.78 is 42.9. The van der Waals surface area contributed by atoms with Gasteiger partial charge in [0.1, 0.15) is 11.9 Å². The molecule has 0 aliphatic carbocycles. The molecule has 0 aliphatic heterocycles. The number of carboxylic acids is 1. The highest BCUT2D eigenvalue weighted by molar-refractivity contribution is 5.82. The summed E-state index contributed by atoms with van der Waals surface area (Å²) in [6, 6.07) is 8.88. The molecule has 2 atom stereocenters. The lowest BCUT2D eigenvalue weighted by Gasteiger charge is -2.26. The van der Waals surface area contributed by atoms with E-state index in [9.17, 15) is 32.7 Å².